The number of nitrogens with zero attached hydrogens (tertiary/aromatic N) is 3. The molecule has 2 rings (SSSR count). The molecular weight excluding hydrogens is 324 g/mol. The van der Waals surface area contributed by atoms with Crippen LogP contribution < -0.4 is 21.5 Å². The van der Waals surface area contributed by atoms with Gasteiger partial charge in [-0.05, 0) is 26.2 Å². The zero-order valence-electron chi connectivity index (χ0n) is 15.3. The lowest BCUT2D eigenvalue weighted by Gasteiger charge is -2.34. The van der Waals surface area contributed by atoms with Crippen LogP contribution in [-0.4, -0.2) is 47.9 Å². The SMILES string of the molecule is CCOCCCNC(=O)C1CCCN(c2cc(=O)n(C)c(=O)n2C)C1. The summed E-state index contributed by atoms with van der Waals surface area (Å²) in [5.74, 6) is 0.456. The smallest absolute Gasteiger partial charge is 0.332 e. The van der Waals surface area contributed by atoms with E-state index in [0.717, 1.165) is 30.4 Å². The molecule has 8 nitrogen and oxygen atoms in total. The highest BCUT2D eigenvalue weighted by Gasteiger charge is 2.27. The second-order valence-electron chi connectivity index (χ2n) is 6.37. The zero-order chi connectivity index (χ0) is 18.4. The normalized spacial score (nSPS) is 17.6. The van der Waals surface area contributed by atoms with E-state index in [2.05, 4.69) is 5.32 Å². The molecule has 0 radical (unpaired) electrons. The van der Waals surface area contributed by atoms with Gasteiger partial charge in [0.15, 0.2) is 0 Å². The second-order valence-corrected chi connectivity index (χ2v) is 6.37. The monoisotopic (exact) mass is 352 g/mol. The van der Waals surface area contributed by atoms with E-state index in [1.165, 1.54) is 17.7 Å². The molecule has 0 aromatic carbocycles. The summed E-state index contributed by atoms with van der Waals surface area (Å²) in [5.41, 5.74) is -0.689. The average Bonchev–Trinajstić information content (AvgIpc) is 2.62. The van der Waals surface area contributed by atoms with Crippen molar-refractivity contribution in [3.05, 3.63) is 26.9 Å². The van der Waals surface area contributed by atoms with Crippen molar-refractivity contribution in [2.75, 3.05) is 37.7 Å². The summed E-state index contributed by atoms with van der Waals surface area (Å²) < 4.78 is 7.80. The van der Waals surface area contributed by atoms with Crippen molar-refractivity contribution in [1.82, 2.24) is 14.5 Å². The van der Waals surface area contributed by atoms with Gasteiger partial charge in [0.05, 0.1) is 5.92 Å². The number of piperidine rings is 1. The van der Waals surface area contributed by atoms with E-state index < -0.39 is 0 Å². The molecular formula is C17H28N4O4. The molecule has 1 aromatic rings. The van der Waals surface area contributed by atoms with Crippen molar-refractivity contribution in [3.8, 4) is 0 Å². The predicted octanol–water partition coefficient (Wildman–Crippen LogP) is -0.157. The number of hydrogen-bond donors (Lipinski definition) is 1. The van der Waals surface area contributed by atoms with Crippen LogP contribution in [0.2, 0.25) is 0 Å². The van der Waals surface area contributed by atoms with Crippen LogP contribution in [0.3, 0.4) is 0 Å². The van der Waals surface area contributed by atoms with E-state index >= 15 is 0 Å². The topological polar surface area (TPSA) is 85.6 Å². The Morgan fingerprint density at radius 3 is 2.80 bits per heavy atom. The van der Waals surface area contributed by atoms with Gasteiger partial charge in [-0.3, -0.25) is 18.7 Å². The molecule has 1 aromatic heterocycles. The second kappa shape index (κ2) is 8.84. The fourth-order valence-electron chi connectivity index (χ4n) is 3.10. The van der Waals surface area contributed by atoms with Crippen LogP contribution in [0, 0.1) is 5.92 Å². The van der Waals surface area contributed by atoms with Gasteiger partial charge in [-0.2, -0.15) is 0 Å². The lowest BCUT2D eigenvalue weighted by Crippen LogP contribution is -2.46. The van der Waals surface area contributed by atoms with Crippen molar-refractivity contribution in [2.45, 2.75) is 26.2 Å². The molecule has 0 spiro atoms. The van der Waals surface area contributed by atoms with Gasteiger partial charge in [0, 0.05) is 53.0 Å². The predicted molar refractivity (Wildman–Crippen MR) is 96.0 cm³/mol. The summed E-state index contributed by atoms with van der Waals surface area (Å²) in [7, 11) is 3.11. The molecule has 1 amide bonds. The number of amides is 1. The fraction of sp³-hybridized carbons (Fsp3) is 0.706. The first-order valence-corrected chi connectivity index (χ1v) is 8.83. The lowest BCUT2D eigenvalue weighted by molar-refractivity contribution is -0.125. The molecule has 0 aliphatic carbocycles. The standard InChI is InChI=1S/C17H28N4O4/c1-4-25-10-6-8-18-16(23)13-7-5-9-21(12-13)14-11-15(22)20(3)17(24)19(14)2/h11,13H,4-10,12H2,1-3H3,(H,18,23). The van der Waals surface area contributed by atoms with Gasteiger partial charge >= 0.3 is 5.69 Å². The molecule has 1 aliphatic heterocycles. The Bertz CT molecular complexity index is 710. The number of carbonyl (C=O) groups excluding carboxylic acids is 1. The van der Waals surface area contributed by atoms with E-state index in [1.54, 1.807) is 7.05 Å². The van der Waals surface area contributed by atoms with Crippen LogP contribution in [-0.2, 0) is 23.6 Å². The number of aromatic nitrogens is 2. The largest absolute Gasteiger partial charge is 0.382 e. The van der Waals surface area contributed by atoms with Crippen molar-refractivity contribution in [1.29, 1.82) is 0 Å². The highest BCUT2D eigenvalue weighted by molar-refractivity contribution is 5.79. The average molecular weight is 352 g/mol. The number of ether oxygens (including phenoxy) is 1. The maximum atomic E-state index is 12.4. The van der Waals surface area contributed by atoms with E-state index in [1.807, 2.05) is 11.8 Å². The molecule has 2 heterocycles. The van der Waals surface area contributed by atoms with Gasteiger partial charge < -0.3 is 15.0 Å². The fourth-order valence-corrected chi connectivity index (χ4v) is 3.10. The molecule has 1 atom stereocenters. The molecule has 140 valence electrons. The minimum atomic E-state index is -0.356. The van der Waals surface area contributed by atoms with Crippen LogP contribution in [0.5, 0.6) is 0 Å². The highest BCUT2D eigenvalue weighted by atomic mass is 16.5. The van der Waals surface area contributed by atoms with Gasteiger partial charge in [0.2, 0.25) is 5.91 Å². The van der Waals surface area contributed by atoms with Crippen LogP contribution in [0.4, 0.5) is 5.82 Å². The van der Waals surface area contributed by atoms with Crippen LogP contribution in [0.15, 0.2) is 15.7 Å². The maximum absolute atomic E-state index is 12.4. The summed E-state index contributed by atoms with van der Waals surface area (Å²) in [6.07, 6.45) is 2.45. The summed E-state index contributed by atoms with van der Waals surface area (Å²) in [4.78, 5) is 38.4. The third kappa shape index (κ3) is 4.72. The Hall–Kier alpha value is -2.09. The van der Waals surface area contributed by atoms with Crippen molar-refractivity contribution in [2.24, 2.45) is 20.0 Å². The first-order valence-electron chi connectivity index (χ1n) is 8.83. The number of carbonyl (C=O) groups is 1. The molecule has 25 heavy (non-hydrogen) atoms. The van der Waals surface area contributed by atoms with Gasteiger partial charge in [-0.15, -0.1) is 0 Å². The van der Waals surface area contributed by atoms with Crippen molar-refractivity contribution < 1.29 is 9.53 Å². The van der Waals surface area contributed by atoms with Gasteiger partial charge in [-0.25, -0.2) is 4.79 Å². The number of nitrogens with one attached hydrogen (secondary N) is 1. The minimum absolute atomic E-state index is 0.0232. The summed E-state index contributed by atoms with van der Waals surface area (Å²) >= 11 is 0. The summed E-state index contributed by atoms with van der Waals surface area (Å²) in [5, 5.41) is 2.95. The van der Waals surface area contributed by atoms with Gasteiger partial charge in [0.25, 0.3) is 5.56 Å². The first kappa shape index (κ1) is 19.2. The zero-order valence-corrected chi connectivity index (χ0v) is 15.3. The number of anilines is 1. The highest BCUT2D eigenvalue weighted by Crippen LogP contribution is 2.21. The van der Waals surface area contributed by atoms with Crippen LogP contribution in [0.1, 0.15) is 26.2 Å². The Morgan fingerprint density at radius 1 is 1.32 bits per heavy atom. The summed E-state index contributed by atoms with van der Waals surface area (Å²) in [6.45, 7) is 5.11. The molecule has 1 N–H and O–H groups in total. The maximum Gasteiger partial charge on any atom is 0.332 e. The minimum Gasteiger partial charge on any atom is -0.382 e. The molecule has 8 heteroatoms. The van der Waals surface area contributed by atoms with Crippen LogP contribution >= 0.6 is 0 Å². The quantitative estimate of drug-likeness (QED) is 0.690. The summed E-state index contributed by atoms with van der Waals surface area (Å²) in [6, 6.07) is 1.46. The molecule has 1 saturated heterocycles. The first-order chi connectivity index (χ1) is 12.0. The lowest BCUT2D eigenvalue weighted by atomic mass is 9.97. The molecule has 1 unspecified atom stereocenters. The van der Waals surface area contributed by atoms with E-state index in [-0.39, 0.29) is 23.1 Å². The van der Waals surface area contributed by atoms with E-state index in [0.29, 0.717) is 32.1 Å². The Morgan fingerprint density at radius 2 is 2.08 bits per heavy atom. The Balaban J connectivity index is 2.00. The van der Waals surface area contributed by atoms with Gasteiger partial charge in [0.1, 0.15) is 5.82 Å². The van der Waals surface area contributed by atoms with Crippen LogP contribution in [0.25, 0.3) is 0 Å². The molecule has 1 fully saturated rings. The van der Waals surface area contributed by atoms with Crippen molar-refractivity contribution in [3.63, 3.8) is 0 Å². The third-order valence-corrected chi connectivity index (χ3v) is 4.59. The van der Waals surface area contributed by atoms with Gasteiger partial charge in [-0.1, -0.05) is 0 Å². The van der Waals surface area contributed by atoms with Crippen molar-refractivity contribution >= 4 is 11.7 Å². The molecule has 1 aliphatic rings. The Labute approximate surface area is 147 Å². The Kier molecular flexibility index (Phi) is 6.81. The number of rotatable bonds is 7. The molecule has 0 bridgehead atoms. The van der Waals surface area contributed by atoms with E-state index in [4.69, 9.17) is 4.74 Å². The van der Waals surface area contributed by atoms with E-state index in [9.17, 15) is 14.4 Å². The number of hydrogen-bond acceptors (Lipinski definition) is 5. The third-order valence-electron chi connectivity index (χ3n) is 4.59. The molecule has 0 saturated carbocycles.